The molecule has 0 spiro atoms. The monoisotopic (exact) mass is 272 g/mol. The lowest BCUT2D eigenvalue weighted by atomic mass is 9.98. The highest BCUT2D eigenvalue weighted by molar-refractivity contribution is 5.86. The second-order valence-corrected chi connectivity index (χ2v) is 4.12. The van der Waals surface area contributed by atoms with E-state index in [1.165, 1.54) is 4.91 Å². The first-order valence-corrected chi connectivity index (χ1v) is 5.82. The average molecular weight is 272 g/mol. The van der Waals surface area contributed by atoms with Crippen LogP contribution in [0, 0.1) is 0 Å². The molecule has 0 radical (unpaired) electrons. The van der Waals surface area contributed by atoms with Crippen LogP contribution in [0.4, 0.5) is 0 Å². The number of fused-ring (bicyclic) bond motifs is 1. The van der Waals surface area contributed by atoms with Crippen LogP contribution in [0.25, 0.3) is 26.7 Å². The average Bonchev–Trinajstić information content (AvgIpc) is 2.46. The van der Waals surface area contributed by atoms with Crippen LogP contribution in [0.15, 0.2) is 36.4 Å². The number of hydrogen-bond donors (Lipinski definition) is 1. The Bertz CT molecular complexity index is 649. The van der Waals surface area contributed by atoms with Crippen LogP contribution in [-0.4, -0.2) is 18.2 Å². The van der Waals surface area contributed by atoms with E-state index in [1.807, 2.05) is 36.4 Å². The SMILES string of the molecule is COc1ccc2cc([C@H](C)C(=O)O)ccc2c1.[N-]=[N+]=[N-]. The van der Waals surface area contributed by atoms with E-state index in [-0.39, 0.29) is 0 Å². The highest BCUT2D eigenvalue weighted by atomic mass is 16.5. The summed E-state index contributed by atoms with van der Waals surface area (Å²) in [5.74, 6) is -0.490. The van der Waals surface area contributed by atoms with Crippen molar-refractivity contribution in [3.63, 3.8) is 0 Å². The number of carboxylic acid groups (broad SMARTS) is 1. The van der Waals surface area contributed by atoms with Gasteiger partial charge in [-0.15, -0.1) is 0 Å². The Balaban J connectivity index is 0.000000612. The maximum absolute atomic E-state index is 10.9. The van der Waals surface area contributed by atoms with Gasteiger partial charge in [-0.05, 0) is 35.4 Å². The number of ether oxygens (including phenoxy) is 1. The topological polar surface area (TPSA) is 105 Å². The first-order valence-electron chi connectivity index (χ1n) is 5.82. The lowest BCUT2D eigenvalue weighted by Gasteiger charge is -2.08. The Labute approximate surface area is 116 Å². The van der Waals surface area contributed by atoms with E-state index < -0.39 is 11.9 Å². The molecule has 2 aromatic rings. The summed E-state index contributed by atoms with van der Waals surface area (Å²) in [5, 5.41) is 11.0. The molecule has 0 saturated carbocycles. The zero-order chi connectivity index (χ0) is 15.1. The molecule has 0 unspecified atom stereocenters. The highest BCUT2D eigenvalue weighted by Crippen LogP contribution is 2.25. The standard InChI is InChI=1S/C14H14O3.N3/c1-9(14(15)16)10-3-4-12-8-13(17-2)6-5-11(12)7-10;1-3-2/h3-9H,1-2H3,(H,15,16);/q;-1/t9-;/m0./s1. The van der Waals surface area contributed by atoms with Crippen molar-refractivity contribution in [3.8, 4) is 5.75 Å². The molecule has 0 aliphatic carbocycles. The third-order valence-electron chi connectivity index (χ3n) is 2.94. The van der Waals surface area contributed by atoms with Crippen molar-refractivity contribution in [1.29, 1.82) is 0 Å². The van der Waals surface area contributed by atoms with Crippen LogP contribution in [0.1, 0.15) is 18.4 Å². The minimum absolute atomic E-state index is 0.485. The molecule has 1 N–H and O–H groups in total. The van der Waals surface area contributed by atoms with Crippen LogP contribution in [-0.2, 0) is 4.79 Å². The third kappa shape index (κ3) is 3.63. The van der Waals surface area contributed by atoms with E-state index in [2.05, 4.69) is 0 Å². The second-order valence-electron chi connectivity index (χ2n) is 4.12. The van der Waals surface area contributed by atoms with E-state index in [9.17, 15) is 4.79 Å². The van der Waals surface area contributed by atoms with Gasteiger partial charge in [0.15, 0.2) is 0 Å². The predicted molar refractivity (Wildman–Crippen MR) is 76.6 cm³/mol. The lowest BCUT2D eigenvalue weighted by molar-refractivity contribution is -0.138. The van der Waals surface area contributed by atoms with Gasteiger partial charge in [-0.3, -0.25) is 9.71 Å². The molecule has 2 aromatic carbocycles. The largest absolute Gasteiger partial charge is 0.497 e. The molecule has 104 valence electrons. The zero-order valence-corrected chi connectivity index (χ0v) is 11.1. The van der Waals surface area contributed by atoms with Crippen molar-refractivity contribution in [3.05, 3.63) is 57.9 Å². The summed E-state index contributed by atoms with van der Waals surface area (Å²) in [5.41, 5.74) is 14.3. The Kier molecular flexibility index (Phi) is 5.38. The van der Waals surface area contributed by atoms with Crippen molar-refractivity contribution in [2.75, 3.05) is 7.11 Å². The minimum Gasteiger partial charge on any atom is -0.497 e. The van der Waals surface area contributed by atoms with Gasteiger partial charge in [0.2, 0.25) is 0 Å². The van der Waals surface area contributed by atoms with E-state index in [0.29, 0.717) is 0 Å². The number of methoxy groups -OCH3 is 1. The van der Waals surface area contributed by atoms with Gasteiger partial charge >= 0.3 is 5.97 Å². The molecule has 6 heteroatoms. The van der Waals surface area contributed by atoms with Gasteiger partial charge < -0.3 is 20.9 Å². The van der Waals surface area contributed by atoms with E-state index in [0.717, 1.165) is 22.1 Å². The number of benzene rings is 2. The molecule has 0 aromatic heterocycles. The molecule has 2 rings (SSSR count). The fourth-order valence-corrected chi connectivity index (χ4v) is 1.78. The van der Waals surface area contributed by atoms with Gasteiger partial charge in [-0.2, -0.15) is 0 Å². The van der Waals surface area contributed by atoms with Gasteiger partial charge in [-0.25, -0.2) is 0 Å². The summed E-state index contributed by atoms with van der Waals surface area (Å²) in [6, 6.07) is 11.4. The van der Waals surface area contributed by atoms with Crippen LogP contribution in [0.3, 0.4) is 0 Å². The predicted octanol–water partition coefficient (Wildman–Crippen LogP) is 3.90. The van der Waals surface area contributed by atoms with Crippen LogP contribution in [0.5, 0.6) is 5.75 Å². The number of aliphatic carboxylic acids is 1. The minimum atomic E-state index is -0.808. The van der Waals surface area contributed by atoms with Gasteiger partial charge in [-0.1, -0.05) is 24.3 Å². The van der Waals surface area contributed by atoms with E-state index in [4.69, 9.17) is 20.9 Å². The summed E-state index contributed by atoms with van der Waals surface area (Å²) in [7, 11) is 1.63. The quantitative estimate of drug-likeness (QED) is 0.520. The molecular formula is C14H14N3O3-. The number of nitrogens with zero attached hydrogens (tertiary/aromatic N) is 3. The fraction of sp³-hybridized carbons (Fsp3) is 0.214. The normalized spacial score (nSPS) is 10.9. The van der Waals surface area contributed by atoms with E-state index in [1.54, 1.807) is 14.0 Å². The Morgan fingerprint density at radius 2 is 1.75 bits per heavy atom. The maximum Gasteiger partial charge on any atom is 0.310 e. The lowest BCUT2D eigenvalue weighted by Crippen LogP contribution is -2.06. The van der Waals surface area contributed by atoms with Crippen molar-refractivity contribution >= 4 is 16.7 Å². The van der Waals surface area contributed by atoms with Crippen molar-refractivity contribution in [2.45, 2.75) is 12.8 Å². The van der Waals surface area contributed by atoms with Crippen molar-refractivity contribution in [2.24, 2.45) is 0 Å². The highest BCUT2D eigenvalue weighted by Gasteiger charge is 2.13. The second kappa shape index (κ2) is 7.01. The Morgan fingerprint density at radius 3 is 2.30 bits per heavy atom. The summed E-state index contributed by atoms with van der Waals surface area (Å²) in [6.45, 7) is 1.69. The summed E-state index contributed by atoms with van der Waals surface area (Å²) in [4.78, 5) is 12.4. The summed E-state index contributed by atoms with van der Waals surface area (Å²) < 4.78 is 5.14. The summed E-state index contributed by atoms with van der Waals surface area (Å²) in [6.07, 6.45) is 0. The number of rotatable bonds is 3. The zero-order valence-electron chi connectivity index (χ0n) is 11.1. The van der Waals surface area contributed by atoms with Crippen molar-refractivity contribution in [1.82, 2.24) is 0 Å². The molecule has 20 heavy (non-hydrogen) atoms. The first-order chi connectivity index (χ1) is 9.53. The number of carbonyl (C=O) groups is 1. The molecule has 0 amide bonds. The van der Waals surface area contributed by atoms with Crippen LogP contribution >= 0.6 is 0 Å². The van der Waals surface area contributed by atoms with Gasteiger partial charge in [0.05, 0.1) is 13.0 Å². The molecule has 0 aliphatic heterocycles. The molecule has 0 fully saturated rings. The summed E-state index contributed by atoms with van der Waals surface area (Å²) >= 11 is 0. The van der Waals surface area contributed by atoms with Gasteiger partial charge in [0.25, 0.3) is 0 Å². The molecule has 0 aliphatic rings. The molecular weight excluding hydrogens is 258 g/mol. The number of hydrogen-bond acceptors (Lipinski definition) is 2. The molecule has 6 nitrogen and oxygen atoms in total. The Morgan fingerprint density at radius 1 is 1.20 bits per heavy atom. The molecule has 0 heterocycles. The van der Waals surface area contributed by atoms with Gasteiger partial charge in [0.1, 0.15) is 5.75 Å². The third-order valence-corrected chi connectivity index (χ3v) is 2.94. The maximum atomic E-state index is 10.9. The molecule has 0 saturated heterocycles. The Hall–Kier alpha value is -2.72. The molecule has 0 bridgehead atoms. The van der Waals surface area contributed by atoms with Crippen LogP contribution < -0.4 is 4.74 Å². The molecule has 1 atom stereocenters. The van der Waals surface area contributed by atoms with Crippen molar-refractivity contribution < 1.29 is 14.6 Å². The first kappa shape index (κ1) is 15.3. The fourth-order valence-electron chi connectivity index (χ4n) is 1.78. The van der Waals surface area contributed by atoms with Gasteiger partial charge in [0, 0.05) is 0 Å². The smallest absolute Gasteiger partial charge is 0.310 e. The van der Waals surface area contributed by atoms with E-state index >= 15 is 0 Å². The number of carboxylic acids is 1. The van der Waals surface area contributed by atoms with Crippen LogP contribution in [0.2, 0.25) is 0 Å².